The Bertz CT molecular complexity index is 1430. The number of rotatable bonds is 7. The molecule has 2 aromatic carbocycles. The van der Waals surface area contributed by atoms with Gasteiger partial charge < -0.3 is 9.14 Å². The normalized spacial score (nSPS) is 10.9. The summed E-state index contributed by atoms with van der Waals surface area (Å²) in [4.78, 5) is 25.3. The molecule has 1 amide bonds. The third-order valence-electron chi connectivity index (χ3n) is 5.19. The molecule has 0 fully saturated rings. The molecule has 2 heterocycles. The highest BCUT2D eigenvalue weighted by Crippen LogP contribution is 2.24. The first kappa shape index (κ1) is 22.4. The van der Waals surface area contributed by atoms with Crippen LogP contribution in [0.25, 0.3) is 5.52 Å². The Hall–Kier alpha value is -4.77. The van der Waals surface area contributed by atoms with Crippen LogP contribution >= 0.6 is 0 Å². The van der Waals surface area contributed by atoms with Crippen molar-refractivity contribution in [2.75, 3.05) is 6.61 Å². The Labute approximate surface area is 194 Å². The molecule has 2 aromatic heterocycles. The number of ether oxygens (including phenoxy) is 1. The van der Waals surface area contributed by atoms with E-state index in [1.54, 1.807) is 47.9 Å². The minimum Gasteiger partial charge on any atom is -0.484 e. The number of nitriles is 1. The van der Waals surface area contributed by atoms with Crippen LogP contribution in [0.3, 0.4) is 0 Å². The summed E-state index contributed by atoms with van der Waals surface area (Å²) in [5.74, 6) is -0.682. The minimum atomic E-state index is -0.468. The molecule has 0 bridgehead atoms. The number of hydrogen-bond donors (Lipinski definition) is 1. The van der Waals surface area contributed by atoms with Crippen molar-refractivity contribution in [2.24, 2.45) is 5.10 Å². The Balaban J connectivity index is 1.51. The highest BCUT2D eigenvalue weighted by Gasteiger charge is 2.21. The molecule has 4 aromatic rings. The summed E-state index contributed by atoms with van der Waals surface area (Å²) >= 11 is 0. The average molecular weight is 454 g/mol. The summed E-state index contributed by atoms with van der Waals surface area (Å²) in [5, 5.41) is 12.8. The Morgan fingerprint density at radius 3 is 2.56 bits per heavy atom. The van der Waals surface area contributed by atoms with Crippen LogP contribution in [0.4, 0.5) is 4.39 Å². The maximum absolute atomic E-state index is 13.3. The molecule has 0 aliphatic rings. The predicted molar refractivity (Wildman–Crippen MR) is 124 cm³/mol. The number of fused-ring (bicyclic) bond motifs is 1. The topological polar surface area (TPSA) is 96.0 Å². The van der Waals surface area contributed by atoms with Gasteiger partial charge in [-0.1, -0.05) is 6.07 Å². The number of benzene rings is 2. The average Bonchev–Trinajstić information content (AvgIpc) is 3.14. The van der Waals surface area contributed by atoms with Gasteiger partial charge in [0.25, 0.3) is 5.91 Å². The molecule has 0 aliphatic carbocycles. The fourth-order valence-corrected chi connectivity index (χ4v) is 3.51. The number of halogens is 1. The number of amides is 1. The molecule has 7 nitrogen and oxygen atoms in total. The maximum atomic E-state index is 13.3. The van der Waals surface area contributed by atoms with E-state index in [9.17, 15) is 14.0 Å². The van der Waals surface area contributed by atoms with Crippen molar-refractivity contribution >= 4 is 23.4 Å². The molecule has 1 N–H and O–H groups in total. The van der Waals surface area contributed by atoms with Gasteiger partial charge in [-0.3, -0.25) is 9.59 Å². The van der Waals surface area contributed by atoms with E-state index in [-0.39, 0.29) is 12.4 Å². The third-order valence-corrected chi connectivity index (χ3v) is 5.19. The zero-order valence-electron chi connectivity index (χ0n) is 18.2. The van der Waals surface area contributed by atoms with E-state index in [0.29, 0.717) is 33.7 Å². The smallest absolute Gasteiger partial charge is 0.277 e. The third kappa shape index (κ3) is 4.69. The van der Waals surface area contributed by atoms with Crippen LogP contribution < -0.4 is 10.2 Å². The quantitative estimate of drug-likeness (QED) is 0.259. The van der Waals surface area contributed by atoms with Crippen molar-refractivity contribution in [1.29, 1.82) is 5.26 Å². The molecule has 0 saturated heterocycles. The Morgan fingerprint density at radius 2 is 1.85 bits per heavy atom. The first-order valence-corrected chi connectivity index (χ1v) is 10.3. The van der Waals surface area contributed by atoms with Gasteiger partial charge >= 0.3 is 0 Å². The van der Waals surface area contributed by atoms with Crippen LogP contribution in [0.2, 0.25) is 0 Å². The first-order chi connectivity index (χ1) is 16.5. The highest BCUT2D eigenvalue weighted by atomic mass is 19.1. The second-order valence-electron chi connectivity index (χ2n) is 7.40. The summed E-state index contributed by atoms with van der Waals surface area (Å²) in [7, 11) is 0. The van der Waals surface area contributed by atoms with Crippen molar-refractivity contribution in [2.45, 2.75) is 6.92 Å². The fraction of sp³-hybridized carbons (Fsp3) is 0.0769. The van der Waals surface area contributed by atoms with Crippen LogP contribution in [0, 0.1) is 24.1 Å². The Kier molecular flexibility index (Phi) is 6.46. The number of aromatic nitrogens is 1. The number of nitrogens with zero attached hydrogens (tertiary/aromatic N) is 3. The van der Waals surface area contributed by atoms with Crippen molar-refractivity contribution in [1.82, 2.24) is 9.83 Å². The summed E-state index contributed by atoms with van der Waals surface area (Å²) < 4.78 is 20.4. The zero-order chi connectivity index (χ0) is 24.1. The predicted octanol–water partition coefficient (Wildman–Crippen LogP) is 4.02. The lowest BCUT2D eigenvalue weighted by Gasteiger charge is -2.04. The fourth-order valence-electron chi connectivity index (χ4n) is 3.51. The van der Waals surface area contributed by atoms with Gasteiger partial charge in [-0.2, -0.15) is 10.4 Å². The van der Waals surface area contributed by atoms with Crippen LogP contribution in [-0.4, -0.2) is 28.9 Å². The zero-order valence-corrected chi connectivity index (χ0v) is 18.2. The van der Waals surface area contributed by atoms with Gasteiger partial charge in [-0.05, 0) is 73.2 Å². The van der Waals surface area contributed by atoms with Crippen molar-refractivity contribution < 1.29 is 18.7 Å². The highest BCUT2D eigenvalue weighted by molar-refractivity contribution is 6.12. The number of carbonyl (C=O) groups excluding carboxylic acids is 2. The number of nitrogens with one attached hydrogen (secondary N) is 1. The van der Waals surface area contributed by atoms with E-state index in [1.165, 1.54) is 30.5 Å². The number of hydrazone groups is 1. The maximum Gasteiger partial charge on any atom is 0.277 e. The van der Waals surface area contributed by atoms with E-state index in [2.05, 4.69) is 10.5 Å². The van der Waals surface area contributed by atoms with Gasteiger partial charge in [0.05, 0.1) is 29.1 Å². The molecule has 0 spiro atoms. The lowest BCUT2D eigenvalue weighted by atomic mass is 10.0. The van der Waals surface area contributed by atoms with Gasteiger partial charge in [-0.25, -0.2) is 9.82 Å². The van der Waals surface area contributed by atoms with Gasteiger partial charge in [0.15, 0.2) is 6.61 Å². The molecule has 4 rings (SSSR count). The monoisotopic (exact) mass is 454 g/mol. The van der Waals surface area contributed by atoms with E-state index in [4.69, 9.17) is 10.00 Å². The van der Waals surface area contributed by atoms with Gasteiger partial charge in [-0.15, -0.1) is 0 Å². The number of carbonyl (C=O) groups is 2. The molecular formula is C26H19FN4O3. The van der Waals surface area contributed by atoms with E-state index < -0.39 is 11.7 Å². The molecule has 168 valence electrons. The van der Waals surface area contributed by atoms with Gasteiger partial charge in [0.2, 0.25) is 5.78 Å². The number of pyridine rings is 1. The van der Waals surface area contributed by atoms with Gasteiger partial charge in [0.1, 0.15) is 11.6 Å². The van der Waals surface area contributed by atoms with Gasteiger partial charge in [0, 0.05) is 17.3 Å². The summed E-state index contributed by atoms with van der Waals surface area (Å²) in [6, 6.07) is 19.3. The lowest BCUT2D eigenvalue weighted by molar-refractivity contribution is -0.123. The second kappa shape index (κ2) is 9.79. The largest absolute Gasteiger partial charge is 0.484 e. The molecule has 0 aliphatic heterocycles. The molecule has 34 heavy (non-hydrogen) atoms. The molecule has 0 unspecified atom stereocenters. The van der Waals surface area contributed by atoms with E-state index in [0.717, 1.165) is 5.52 Å². The standard InChI is InChI=1S/C26H19FN4O3/c1-17-22(15-29-30-24(32)16-34-21-11-5-18(14-28)6-12-21)23-4-2-3-13-31(23)25(17)26(33)19-7-9-20(27)10-8-19/h2-13,15H,16H2,1H3,(H,30,32)/b29-15+. The summed E-state index contributed by atoms with van der Waals surface area (Å²) in [6.45, 7) is 1.54. The molecular weight excluding hydrogens is 435 g/mol. The molecule has 8 heteroatoms. The molecule has 0 saturated carbocycles. The van der Waals surface area contributed by atoms with E-state index in [1.807, 2.05) is 18.2 Å². The second-order valence-corrected chi connectivity index (χ2v) is 7.40. The summed E-state index contributed by atoms with van der Waals surface area (Å²) in [5.41, 5.74) is 5.77. The van der Waals surface area contributed by atoms with Crippen LogP contribution in [0.5, 0.6) is 5.75 Å². The van der Waals surface area contributed by atoms with Crippen LogP contribution in [0.15, 0.2) is 78.0 Å². The summed E-state index contributed by atoms with van der Waals surface area (Å²) in [6.07, 6.45) is 3.24. The SMILES string of the molecule is Cc1c(/C=N/NC(=O)COc2ccc(C#N)cc2)c2ccccn2c1C(=O)c1ccc(F)cc1. The molecule has 0 radical (unpaired) electrons. The lowest BCUT2D eigenvalue weighted by Crippen LogP contribution is -2.24. The van der Waals surface area contributed by atoms with Crippen molar-refractivity contribution in [3.05, 3.63) is 107 Å². The van der Waals surface area contributed by atoms with Crippen LogP contribution in [-0.2, 0) is 4.79 Å². The van der Waals surface area contributed by atoms with E-state index >= 15 is 0 Å². The van der Waals surface area contributed by atoms with Crippen molar-refractivity contribution in [3.63, 3.8) is 0 Å². The van der Waals surface area contributed by atoms with Crippen LogP contribution in [0.1, 0.15) is 32.7 Å². The number of hydrogen-bond acceptors (Lipinski definition) is 5. The molecule has 0 atom stereocenters. The first-order valence-electron chi connectivity index (χ1n) is 10.3. The number of ketones is 1. The minimum absolute atomic E-state index is 0.252. The van der Waals surface area contributed by atoms with Crippen molar-refractivity contribution in [3.8, 4) is 11.8 Å². The Morgan fingerprint density at radius 1 is 1.12 bits per heavy atom.